The molecule has 1 saturated heterocycles. The van der Waals surface area contributed by atoms with E-state index < -0.39 is 6.61 Å². The molecule has 118 valence electrons. The lowest BCUT2D eigenvalue weighted by molar-refractivity contribution is -0.0525. The summed E-state index contributed by atoms with van der Waals surface area (Å²) in [4.78, 5) is 2.37. The SMILES string of the molecule is CC(C)N1CCC(Oc2ccc(N)cc2OC(F)F)CC1. The number of anilines is 1. The van der Waals surface area contributed by atoms with E-state index in [1.807, 2.05) is 0 Å². The molecule has 1 aliphatic heterocycles. The Balaban J connectivity index is 2.00. The Hall–Kier alpha value is -1.56. The highest BCUT2D eigenvalue weighted by Crippen LogP contribution is 2.33. The Morgan fingerprint density at radius 3 is 2.43 bits per heavy atom. The van der Waals surface area contributed by atoms with Crippen LogP contribution in [0.2, 0.25) is 0 Å². The molecule has 2 N–H and O–H groups in total. The fourth-order valence-electron chi connectivity index (χ4n) is 2.50. The summed E-state index contributed by atoms with van der Waals surface area (Å²) in [6, 6.07) is 5.09. The van der Waals surface area contributed by atoms with Crippen LogP contribution >= 0.6 is 0 Å². The van der Waals surface area contributed by atoms with Crippen molar-refractivity contribution in [3.63, 3.8) is 0 Å². The van der Waals surface area contributed by atoms with Crippen LogP contribution in [0.5, 0.6) is 11.5 Å². The highest BCUT2D eigenvalue weighted by Gasteiger charge is 2.23. The molecule has 0 unspecified atom stereocenters. The van der Waals surface area contributed by atoms with Gasteiger partial charge < -0.3 is 20.1 Å². The van der Waals surface area contributed by atoms with Crippen molar-refractivity contribution >= 4 is 5.69 Å². The number of halogens is 2. The topological polar surface area (TPSA) is 47.7 Å². The minimum atomic E-state index is -2.89. The first-order valence-electron chi connectivity index (χ1n) is 7.20. The molecule has 0 amide bonds. The maximum Gasteiger partial charge on any atom is 0.387 e. The Morgan fingerprint density at radius 2 is 1.86 bits per heavy atom. The zero-order valence-corrected chi connectivity index (χ0v) is 12.4. The van der Waals surface area contributed by atoms with E-state index in [-0.39, 0.29) is 11.9 Å². The molecule has 0 aromatic heterocycles. The van der Waals surface area contributed by atoms with Crippen LogP contribution in [0.15, 0.2) is 18.2 Å². The van der Waals surface area contributed by atoms with E-state index in [1.165, 1.54) is 6.07 Å². The average Bonchev–Trinajstić information content (AvgIpc) is 2.42. The van der Waals surface area contributed by atoms with E-state index in [0.717, 1.165) is 25.9 Å². The molecular weight excluding hydrogens is 278 g/mol. The Labute approximate surface area is 123 Å². The molecular formula is C15H22F2N2O2. The van der Waals surface area contributed by atoms with Crippen LogP contribution in [0, 0.1) is 0 Å². The van der Waals surface area contributed by atoms with Gasteiger partial charge in [-0.2, -0.15) is 8.78 Å². The van der Waals surface area contributed by atoms with Gasteiger partial charge in [-0.3, -0.25) is 0 Å². The lowest BCUT2D eigenvalue weighted by atomic mass is 10.1. The summed E-state index contributed by atoms with van der Waals surface area (Å²) in [7, 11) is 0. The maximum absolute atomic E-state index is 12.4. The number of alkyl halides is 2. The molecule has 1 aromatic rings. The first-order valence-corrected chi connectivity index (χ1v) is 7.20. The summed E-state index contributed by atoms with van der Waals surface area (Å²) in [6.07, 6.45) is 1.76. The number of likely N-dealkylation sites (tertiary alicyclic amines) is 1. The van der Waals surface area contributed by atoms with Crippen molar-refractivity contribution in [1.82, 2.24) is 4.90 Å². The molecule has 1 fully saturated rings. The fraction of sp³-hybridized carbons (Fsp3) is 0.600. The van der Waals surface area contributed by atoms with Gasteiger partial charge in [-0.05, 0) is 38.8 Å². The number of ether oxygens (including phenoxy) is 2. The van der Waals surface area contributed by atoms with Gasteiger partial charge in [0.1, 0.15) is 6.10 Å². The predicted octanol–water partition coefficient (Wildman–Crippen LogP) is 3.12. The highest BCUT2D eigenvalue weighted by atomic mass is 19.3. The van der Waals surface area contributed by atoms with Gasteiger partial charge in [-0.1, -0.05) is 0 Å². The number of nitrogens with two attached hydrogens (primary N) is 1. The van der Waals surface area contributed by atoms with E-state index in [4.69, 9.17) is 10.5 Å². The zero-order chi connectivity index (χ0) is 15.4. The van der Waals surface area contributed by atoms with Crippen LogP contribution in [-0.2, 0) is 0 Å². The van der Waals surface area contributed by atoms with E-state index >= 15 is 0 Å². The van der Waals surface area contributed by atoms with E-state index in [2.05, 4.69) is 23.5 Å². The molecule has 6 heteroatoms. The van der Waals surface area contributed by atoms with E-state index in [9.17, 15) is 8.78 Å². The number of benzene rings is 1. The number of nitrogens with zero attached hydrogens (tertiary/aromatic N) is 1. The van der Waals surface area contributed by atoms with Gasteiger partial charge in [0.15, 0.2) is 11.5 Å². The van der Waals surface area contributed by atoms with Gasteiger partial charge >= 0.3 is 6.61 Å². The first kappa shape index (κ1) is 15.8. The summed E-state index contributed by atoms with van der Waals surface area (Å²) in [5, 5.41) is 0. The first-order chi connectivity index (χ1) is 9.95. The lowest BCUT2D eigenvalue weighted by Gasteiger charge is -2.34. The number of piperidine rings is 1. The molecule has 0 bridgehead atoms. The number of nitrogen functional groups attached to an aromatic ring is 1. The third-order valence-corrected chi connectivity index (χ3v) is 3.68. The van der Waals surface area contributed by atoms with Crippen molar-refractivity contribution in [1.29, 1.82) is 0 Å². The summed E-state index contributed by atoms with van der Waals surface area (Å²) < 4.78 is 35.2. The third-order valence-electron chi connectivity index (χ3n) is 3.68. The van der Waals surface area contributed by atoms with Gasteiger partial charge in [0.25, 0.3) is 0 Å². The zero-order valence-electron chi connectivity index (χ0n) is 12.4. The Bertz CT molecular complexity index is 461. The van der Waals surface area contributed by atoms with Crippen LogP contribution in [0.25, 0.3) is 0 Å². The molecule has 1 aliphatic rings. The minimum Gasteiger partial charge on any atom is -0.486 e. The van der Waals surface area contributed by atoms with Crippen molar-refractivity contribution < 1.29 is 18.3 Å². The molecule has 0 aliphatic carbocycles. The van der Waals surface area contributed by atoms with Crippen LogP contribution < -0.4 is 15.2 Å². The van der Waals surface area contributed by atoms with Gasteiger partial charge in [0.2, 0.25) is 0 Å². The summed E-state index contributed by atoms with van der Waals surface area (Å²) >= 11 is 0. The van der Waals surface area contributed by atoms with Crippen LogP contribution in [0.4, 0.5) is 14.5 Å². The monoisotopic (exact) mass is 300 g/mol. The molecule has 1 heterocycles. The second kappa shape index (κ2) is 6.93. The van der Waals surface area contributed by atoms with Crippen LogP contribution in [0.1, 0.15) is 26.7 Å². The normalized spacial score (nSPS) is 17.4. The molecule has 2 rings (SSSR count). The van der Waals surface area contributed by atoms with Crippen molar-refractivity contribution in [2.24, 2.45) is 0 Å². The maximum atomic E-state index is 12.4. The van der Waals surface area contributed by atoms with E-state index in [1.54, 1.807) is 12.1 Å². The molecule has 21 heavy (non-hydrogen) atoms. The fourth-order valence-corrected chi connectivity index (χ4v) is 2.50. The summed E-state index contributed by atoms with van der Waals surface area (Å²) in [6.45, 7) is 3.33. The molecule has 0 saturated carbocycles. The summed E-state index contributed by atoms with van der Waals surface area (Å²) in [5.41, 5.74) is 5.97. The van der Waals surface area contributed by atoms with Crippen LogP contribution in [-0.4, -0.2) is 36.7 Å². The lowest BCUT2D eigenvalue weighted by Crippen LogP contribution is -2.41. The quantitative estimate of drug-likeness (QED) is 0.849. The highest BCUT2D eigenvalue weighted by molar-refractivity contribution is 5.52. The Kier molecular flexibility index (Phi) is 5.22. The van der Waals surface area contributed by atoms with Gasteiger partial charge in [-0.15, -0.1) is 0 Å². The number of hydrogen-bond donors (Lipinski definition) is 1. The second-order valence-corrected chi connectivity index (χ2v) is 5.53. The van der Waals surface area contributed by atoms with Crippen molar-refractivity contribution in [2.45, 2.75) is 45.4 Å². The molecule has 0 radical (unpaired) electrons. The van der Waals surface area contributed by atoms with Crippen molar-refractivity contribution in [3.8, 4) is 11.5 Å². The molecule has 4 nitrogen and oxygen atoms in total. The van der Waals surface area contributed by atoms with Gasteiger partial charge in [0.05, 0.1) is 0 Å². The number of hydrogen-bond acceptors (Lipinski definition) is 4. The predicted molar refractivity (Wildman–Crippen MR) is 77.8 cm³/mol. The van der Waals surface area contributed by atoms with Gasteiger partial charge in [-0.25, -0.2) is 0 Å². The summed E-state index contributed by atoms with van der Waals surface area (Å²) in [5.74, 6) is 0.323. The molecule has 0 spiro atoms. The second-order valence-electron chi connectivity index (χ2n) is 5.53. The minimum absolute atomic E-state index is 0.00344. The van der Waals surface area contributed by atoms with Crippen LogP contribution in [0.3, 0.4) is 0 Å². The molecule has 1 aromatic carbocycles. The number of rotatable bonds is 5. The average molecular weight is 300 g/mol. The molecule has 0 atom stereocenters. The Morgan fingerprint density at radius 1 is 1.19 bits per heavy atom. The third kappa shape index (κ3) is 4.46. The largest absolute Gasteiger partial charge is 0.486 e. The standard InChI is InChI=1S/C15H22F2N2O2/c1-10(2)19-7-5-12(6-8-19)20-13-4-3-11(18)9-14(13)21-15(16)17/h3-4,9-10,12,15H,5-8,18H2,1-2H3. The van der Waals surface area contributed by atoms with Gasteiger partial charge in [0, 0.05) is 30.9 Å². The van der Waals surface area contributed by atoms with E-state index in [0.29, 0.717) is 17.5 Å². The smallest absolute Gasteiger partial charge is 0.387 e. The van der Waals surface area contributed by atoms with Crippen molar-refractivity contribution in [2.75, 3.05) is 18.8 Å². The van der Waals surface area contributed by atoms with Crippen molar-refractivity contribution in [3.05, 3.63) is 18.2 Å².